The minimum Gasteiger partial charge on any atom is -0.494 e. The van der Waals surface area contributed by atoms with Gasteiger partial charge >= 0.3 is 11.9 Å². The lowest BCUT2D eigenvalue weighted by Crippen LogP contribution is -2.21. The van der Waals surface area contributed by atoms with Gasteiger partial charge in [-0.25, -0.2) is 9.59 Å². The number of anilines is 1. The van der Waals surface area contributed by atoms with Crippen molar-refractivity contribution in [3.63, 3.8) is 0 Å². The van der Waals surface area contributed by atoms with Crippen LogP contribution in [0.15, 0.2) is 48.5 Å². The molecule has 0 spiro atoms. The Balaban J connectivity index is 1.83. The van der Waals surface area contributed by atoms with Gasteiger partial charge in [0.2, 0.25) is 0 Å². The van der Waals surface area contributed by atoms with Gasteiger partial charge in [-0.15, -0.1) is 0 Å². The van der Waals surface area contributed by atoms with E-state index in [0.717, 1.165) is 0 Å². The quantitative estimate of drug-likeness (QED) is 0.717. The van der Waals surface area contributed by atoms with Crippen molar-refractivity contribution in [1.82, 2.24) is 0 Å². The fourth-order valence-electron chi connectivity index (χ4n) is 2.17. The van der Waals surface area contributed by atoms with Crippen LogP contribution in [-0.2, 0) is 14.3 Å². The van der Waals surface area contributed by atoms with Gasteiger partial charge in [0.1, 0.15) is 5.75 Å². The van der Waals surface area contributed by atoms with Gasteiger partial charge in [0.05, 0.1) is 24.3 Å². The second kappa shape index (κ2) is 9.96. The molecule has 0 atom stereocenters. The van der Waals surface area contributed by atoms with Crippen LogP contribution < -0.4 is 10.1 Å². The van der Waals surface area contributed by atoms with Crippen LogP contribution in [0.5, 0.6) is 5.75 Å². The predicted molar refractivity (Wildman–Crippen MR) is 98.9 cm³/mol. The third kappa shape index (κ3) is 6.14. The van der Waals surface area contributed by atoms with Crippen LogP contribution in [0.2, 0.25) is 0 Å². The Bertz CT molecular complexity index is 783. The summed E-state index contributed by atoms with van der Waals surface area (Å²) in [5, 5.41) is 2.58. The Kier molecular flexibility index (Phi) is 7.37. The fourth-order valence-corrected chi connectivity index (χ4v) is 2.17. The molecule has 0 heterocycles. The second-order valence-corrected chi connectivity index (χ2v) is 5.38. The molecule has 1 amide bonds. The van der Waals surface area contributed by atoms with E-state index in [1.165, 1.54) is 0 Å². The van der Waals surface area contributed by atoms with Crippen LogP contribution >= 0.6 is 0 Å². The van der Waals surface area contributed by atoms with E-state index < -0.39 is 24.5 Å². The van der Waals surface area contributed by atoms with E-state index >= 15 is 0 Å². The third-order valence-corrected chi connectivity index (χ3v) is 3.42. The van der Waals surface area contributed by atoms with Gasteiger partial charge in [-0.2, -0.15) is 0 Å². The molecule has 7 nitrogen and oxygen atoms in total. The number of esters is 2. The molecular weight excluding hydrogens is 350 g/mol. The molecule has 0 bridgehead atoms. The van der Waals surface area contributed by atoms with E-state index in [2.05, 4.69) is 5.32 Å². The van der Waals surface area contributed by atoms with E-state index in [0.29, 0.717) is 29.2 Å². The zero-order valence-electron chi connectivity index (χ0n) is 15.2. The highest BCUT2D eigenvalue weighted by molar-refractivity contribution is 5.96. The van der Waals surface area contributed by atoms with Crippen LogP contribution in [0.4, 0.5) is 5.69 Å². The molecule has 0 saturated heterocycles. The van der Waals surface area contributed by atoms with Crippen molar-refractivity contribution in [2.45, 2.75) is 13.8 Å². The normalized spacial score (nSPS) is 10.0. The van der Waals surface area contributed by atoms with Crippen LogP contribution in [0.1, 0.15) is 34.6 Å². The lowest BCUT2D eigenvalue weighted by atomic mass is 10.2. The van der Waals surface area contributed by atoms with Gasteiger partial charge in [-0.1, -0.05) is 0 Å². The smallest absolute Gasteiger partial charge is 0.338 e. The highest BCUT2D eigenvalue weighted by Gasteiger charge is 2.11. The van der Waals surface area contributed by atoms with Gasteiger partial charge in [0, 0.05) is 5.69 Å². The molecule has 0 aliphatic rings. The van der Waals surface area contributed by atoms with Crippen molar-refractivity contribution in [2.75, 3.05) is 25.1 Å². The lowest BCUT2D eigenvalue weighted by Gasteiger charge is -2.08. The SMILES string of the molecule is CCOC(=O)c1ccc(NC(=O)COC(=O)c2ccc(OCC)cc2)cc1. The molecule has 7 heteroatoms. The summed E-state index contributed by atoms with van der Waals surface area (Å²) in [6.45, 7) is 3.99. The van der Waals surface area contributed by atoms with E-state index in [1.54, 1.807) is 55.5 Å². The molecule has 1 N–H and O–H groups in total. The Morgan fingerprint density at radius 2 is 1.33 bits per heavy atom. The molecule has 0 unspecified atom stereocenters. The van der Waals surface area contributed by atoms with Gasteiger partial charge < -0.3 is 19.5 Å². The molecular formula is C20H21NO6. The molecule has 0 aliphatic carbocycles. The molecule has 0 saturated carbocycles. The monoisotopic (exact) mass is 371 g/mol. The zero-order chi connectivity index (χ0) is 19.6. The summed E-state index contributed by atoms with van der Waals surface area (Å²) in [6, 6.07) is 12.7. The molecule has 2 aromatic rings. The maximum atomic E-state index is 12.0. The Hall–Kier alpha value is -3.35. The number of carbonyl (C=O) groups excluding carboxylic acids is 3. The van der Waals surface area contributed by atoms with Crippen molar-refractivity contribution in [3.8, 4) is 5.75 Å². The number of carbonyl (C=O) groups is 3. The summed E-state index contributed by atoms with van der Waals surface area (Å²) in [5.74, 6) is -0.873. The first kappa shape index (κ1) is 20.0. The first-order valence-corrected chi connectivity index (χ1v) is 8.50. The van der Waals surface area contributed by atoms with Crippen LogP contribution in [0.3, 0.4) is 0 Å². The molecule has 0 fully saturated rings. The van der Waals surface area contributed by atoms with Crippen molar-refractivity contribution in [3.05, 3.63) is 59.7 Å². The summed E-state index contributed by atoms with van der Waals surface area (Å²) in [6.07, 6.45) is 0. The molecule has 2 aromatic carbocycles. The molecule has 0 aromatic heterocycles. The molecule has 2 rings (SSSR count). The average Bonchev–Trinajstić information content (AvgIpc) is 2.68. The summed E-state index contributed by atoms with van der Waals surface area (Å²) in [5.41, 5.74) is 1.19. The standard InChI is InChI=1S/C20H21NO6/c1-3-25-17-11-7-15(8-12-17)20(24)27-13-18(22)21-16-9-5-14(6-10-16)19(23)26-4-2/h5-12H,3-4,13H2,1-2H3,(H,21,22). The molecule has 0 radical (unpaired) electrons. The number of ether oxygens (including phenoxy) is 3. The zero-order valence-corrected chi connectivity index (χ0v) is 15.2. The molecule has 142 valence electrons. The summed E-state index contributed by atoms with van der Waals surface area (Å²) in [7, 11) is 0. The van der Waals surface area contributed by atoms with E-state index in [1.807, 2.05) is 6.92 Å². The lowest BCUT2D eigenvalue weighted by molar-refractivity contribution is -0.119. The van der Waals surface area contributed by atoms with Gasteiger partial charge in [-0.3, -0.25) is 4.79 Å². The summed E-state index contributed by atoms with van der Waals surface area (Å²) in [4.78, 5) is 35.4. The first-order valence-electron chi connectivity index (χ1n) is 8.50. The molecule has 0 aliphatic heterocycles. The summed E-state index contributed by atoms with van der Waals surface area (Å²) < 4.78 is 15.2. The highest BCUT2D eigenvalue weighted by atomic mass is 16.5. The summed E-state index contributed by atoms with van der Waals surface area (Å²) >= 11 is 0. The maximum Gasteiger partial charge on any atom is 0.338 e. The average molecular weight is 371 g/mol. The number of amides is 1. The van der Waals surface area contributed by atoms with Crippen LogP contribution in [0.25, 0.3) is 0 Å². The number of rotatable bonds is 8. The van der Waals surface area contributed by atoms with Crippen molar-refractivity contribution >= 4 is 23.5 Å². The third-order valence-electron chi connectivity index (χ3n) is 3.42. The highest BCUT2D eigenvalue weighted by Crippen LogP contribution is 2.13. The predicted octanol–water partition coefficient (Wildman–Crippen LogP) is 3.06. The Morgan fingerprint density at radius 3 is 1.89 bits per heavy atom. The maximum absolute atomic E-state index is 12.0. The van der Waals surface area contributed by atoms with Gasteiger partial charge in [-0.05, 0) is 62.4 Å². The Labute approximate surface area is 157 Å². The largest absolute Gasteiger partial charge is 0.494 e. The molecule has 27 heavy (non-hydrogen) atoms. The number of nitrogens with one attached hydrogen (secondary N) is 1. The number of hydrogen-bond donors (Lipinski definition) is 1. The van der Waals surface area contributed by atoms with E-state index in [4.69, 9.17) is 14.2 Å². The number of benzene rings is 2. The fraction of sp³-hybridized carbons (Fsp3) is 0.250. The second-order valence-electron chi connectivity index (χ2n) is 5.38. The Morgan fingerprint density at radius 1 is 0.778 bits per heavy atom. The number of hydrogen-bond acceptors (Lipinski definition) is 6. The van der Waals surface area contributed by atoms with Crippen LogP contribution in [0, 0.1) is 0 Å². The minimum atomic E-state index is -0.606. The van der Waals surface area contributed by atoms with Crippen LogP contribution in [-0.4, -0.2) is 37.7 Å². The topological polar surface area (TPSA) is 90.9 Å². The van der Waals surface area contributed by atoms with Crippen molar-refractivity contribution < 1.29 is 28.6 Å². The first-order chi connectivity index (χ1) is 13.0. The van der Waals surface area contributed by atoms with Crippen molar-refractivity contribution in [1.29, 1.82) is 0 Å². The minimum absolute atomic E-state index is 0.289. The van der Waals surface area contributed by atoms with Gasteiger partial charge in [0.25, 0.3) is 5.91 Å². The van der Waals surface area contributed by atoms with Gasteiger partial charge in [0.15, 0.2) is 6.61 Å². The van der Waals surface area contributed by atoms with E-state index in [9.17, 15) is 14.4 Å². The van der Waals surface area contributed by atoms with Crippen molar-refractivity contribution in [2.24, 2.45) is 0 Å². The van der Waals surface area contributed by atoms with E-state index in [-0.39, 0.29) is 6.61 Å².